The lowest BCUT2D eigenvalue weighted by Gasteiger charge is -2.07. The third kappa shape index (κ3) is 3.15. The third-order valence-electron chi connectivity index (χ3n) is 2.29. The summed E-state index contributed by atoms with van der Waals surface area (Å²) < 4.78 is 0.494. The number of rotatable bonds is 3. The summed E-state index contributed by atoms with van der Waals surface area (Å²) in [6, 6.07) is 6.00. The summed E-state index contributed by atoms with van der Waals surface area (Å²) in [6.45, 7) is 0. The summed E-state index contributed by atoms with van der Waals surface area (Å²) in [5.41, 5.74) is 0.624. The van der Waals surface area contributed by atoms with E-state index in [4.69, 9.17) is 16.7 Å². The van der Waals surface area contributed by atoms with Crippen molar-refractivity contribution in [3.63, 3.8) is 0 Å². The smallest absolute Gasteiger partial charge is 0.335 e. The molecular weight excluding hydrogens is 354 g/mol. The van der Waals surface area contributed by atoms with Crippen LogP contribution in [0.1, 0.15) is 20.0 Å². The Bertz CT molecular complexity index is 656. The molecule has 4 nitrogen and oxygen atoms in total. The molecule has 98 valence electrons. The van der Waals surface area contributed by atoms with Crippen LogP contribution in [0.3, 0.4) is 0 Å². The molecule has 1 amide bonds. The Morgan fingerprint density at radius 3 is 2.58 bits per heavy atom. The molecule has 0 aliphatic rings. The highest BCUT2D eigenvalue weighted by Crippen LogP contribution is 2.27. The van der Waals surface area contributed by atoms with E-state index in [-0.39, 0.29) is 11.5 Å². The van der Waals surface area contributed by atoms with Crippen LogP contribution in [0.15, 0.2) is 34.1 Å². The third-order valence-corrected chi connectivity index (χ3v) is 4.28. The Kier molecular flexibility index (Phi) is 4.24. The van der Waals surface area contributed by atoms with E-state index >= 15 is 0 Å². The monoisotopic (exact) mass is 359 g/mol. The lowest BCUT2D eigenvalue weighted by atomic mass is 10.2. The fraction of sp³-hybridized carbons (Fsp3) is 0. The van der Waals surface area contributed by atoms with Gasteiger partial charge in [-0.2, -0.15) is 0 Å². The Labute approximate surface area is 126 Å². The maximum absolute atomic E-state index is 11.9. The van der Waals surface area contributed by atoms with Gasteiger partial charge in [-0.3, -0.25) is 4.79 Å². The summed E-state index contributed by atoms with van der Waals surface area (Å²) in [5, 5.41) is 13.6. The first-order valence-electron chi connectivity index (χ1n) is 5.06. The quantitative estimate of drug-likeness (QED) is 0.865. The van der Waals surface area contributed by atoms with Gasteiger partial charge >= 0.3 is 5.97 Å². The molecule has 0 unspecified atom stereocenters. The number of carboxylic acids is 1. The van der Waals surface area contributed by atoms with E-state index in [0.29, 0.717) is 20.1 Å². The minimum Gasteiger partial charge on any atom is -0.478 e. The van der Waals surface area contributed by atoms with Gasteiger partial charge in [0, 0.05) is 4.47 Å². The van der Waals surface area contributed by atoms with Gasteiger partial charge in [-0.1, -0.05) is 11.6 Å². The number of carbonyl (C=O) groups excluding carboxylic acids is 1. The predicted octanol–water partition coefficient (Wildman–Crippen LogP) is 4.11. The van der Waals surface area contributed by atoms with Crippen molar-refractivity contribution >= 4 is 56.4 Å². The van der Waals surface area contributed by atoms with Crippen molar-refractivity contribution in [3.8, 4) is 0 Å². The number of halogens is 2. The van der Waals surface area contributed by atoms with Crippen LogP contribution in [0.2, 0.25) is 5.02 Å². The number of anilines is 1. The van der Waals surface area contributed by atoms with Crippen molar-refractivity contribution in [2.75, 3.05) is 5.32 Å². The maximum atomic E-state index is 11.9. The first-order valence-corrected chi connectivity index (χ1v) is 7.11. The molecule has 0 spiro atoms. The largest absolute Gasteiger partial charge is 0.478 e. The van der Waals surface area contributed by atoms with Crippen molar-refractivity contribution in [2.24, 2.45) is 0 Å². The summed E-state index contributed by atoms with van der Waals surface area (Å²) in [4.78, 5) is 23.2. The van der Waals surface area contributed by atoms with E-state index in [2.05, 4.69) is 21.2 Å². The molecule has 0 atom stereocenters. The number of carbonyl (C=O) groups is 2. The Morgan fingerprint density at radius 2 is 2.05 bits per heavy atom. The molecule has 0 saturated carbocycles. The van der Waals surface area contributed by atoms with E-state index in [1.54, 1.807) is 11.4 Å². The van der Waals surface area contributed by atoms with Crippen LogP contribution < -0.4 is 5.32 Å². The number of hydrogen-bond donors (Lipinski definition) is 2. The Morgan fingerprint density at radius 1 is 1.32 bits per heavy atom. The number of nitrogens with one attached hydrogen (secondary N) is 1. The zero-order chi connectivity index (χ0) is 14.0. The van der Waals surface area contributed by atoms with Gasteiger partial charge in [-0.05, 0) is 45.6 Å². The van der Waals surface area contributed by atoms with E-state index in [9.17, 15) is 9.59 Å². The maximum Gasteiger partial charge on any atom is 0.335 e. The topological polar surface area (TPSA) is 66.4 Å². The molecule has 0 bridgehead atoms. The second-order valence-corrected chi connectivity index (χ2v) is 5.73. The van der Waals surface area contributed by atoms with Gasteiger partial charge in [0.25, 0.3) is 5.91 Å². The molecule has 0 saturated heterocycles. The van der Waals surface area contributed by atoms with Gasteiger partial charge in [0.2, 0.25) is 0 Å². The van der Waals surface area contributed by atoms with Crippen LogP contribution in [0.5, 0.6) is 0 Å². The number of aromatic carboxylic acids is 1. The molecule has 7 heteroatoms. The summed E-state index contributed by atoms with van der Waals surface area (Å²) >= 11 is 10.3. The SMILES string of the molecule is O=C(O)c1ccc(NC(=O)c2sccc2Cl)c(Br)c1. The van der Waals surface area contributed by atoms with Gasteiger partial charge in [0.1, 0.15) is 4.88 Å². The van der Waals surface area contributed by atoms with E-state index < -0.39 is 5.97 Å². The normalized spacial score (nSPS) is 10.2. The predicted molar refractivity (Wildman–Crippen MR) is 78.4 cm³/mol. The molecule has 0 aliphatic heterocycles. The minimum absolute atomic E-state index is 0.138. The van der Waals surface area contributed by atoms with E-state index in [0.717, 1.165) is 0 Å². The molecule has 0 radical (unpaired) electrons. The molecule has 0 aliphatic carbocycles. The standard InChI is InChI=1S/C12H7BrClNO3S/c13-7-5-6(12(17)18)1-2-9(7)15-11(16)10-8(14)3-4-19-10/h1-5H,(H,15,16)(H,17,18). The van der Waals surface area contributed by atoms with Crippen LogP contribution in [-0.4, -0.2) is 17.0 Å². The molecule has 0 fully saturated rings. The summed E-state index contributed by atoms with van der Waals surface area (Å²) in [5.74, 6) is -1.36. The average Bonchev–Trinajstić information content (AvgIpc) is 2.77. The van der Waals surface area contributed by atoms with Gasteiger partial charge in [-0.15, -0.1) is 11.3 Å². The zero-order valence-electron chi connectivity index (χ0n) is 9.31. The molecule has 2 N–H and O–H groups in total. The molecule has 19 heavy (non-hydrogen) atoms. The minimum atomic E-state index is -1.03. The van der Waals surface area contributed by atoms with Crippen molar-refractivity contribution < 1.29 is 14.7 Å². The van der Waals surface area contributed by atoms with Gasteiger partial charge in [0.05, 0.1) is 16.3 Å². The number of carboxylic acid groups (broad SMARTS) is 1. The van der Waals surface area contributed by atoms with E-state index in [1.165, 1.54) is 29.5 Å². The van der Waals surface area contributed by atoms with Gasteiger partial charge < -0.3 is 10.4 Å². The fourth-order valence-electron chi connectivity index (χ4n) is 1.38. The molecule has 1 aromatic heterocycles. The zero-order valence-corrected chi connectivity index (χ0v) is 12.5. The number of benzene rings is 1. The van der Waals surface area contributed by atoms with Crippen LogP contribution in [-0.2, 0) is 0 Å². The highest BCUT2D eigenvalue weighted by molar-refractivity contribution is 9.10. The molecule has 2 aromatic rings. The van der Waals surface area contributed by atoms with Crippen molar-refractivity contribution in [3.05, 3.63) is 49.6 Å². The average molecular weight is 361 g/mol. The van der Waals surface area contributed by atoms with Crippen LogP contribution in [0.4, 0.5) is 5.69 Å². The molecular formula is C12H7BrClNO3S. The first-order chi connectivity index (χ1) is 8.99. The fourth-order valence-corrected chi connectivity index (χ4v) is 2.90. The lowest BCUT2D eigenvalue weighted by Crippen LogP contribution is -2.11. The Hall–Kier alpha value is -1.37. The summed E-state index contributed by atoms with van der Waals surface area (Å²) in [6.07, 6.45) is 0. The second-order valence-electron chi connectivity index (χ2n) is 3.55. The van der Waals surface area contributed by atoms with Crippen molar-refractivity contribution in [2.45, 2.75) is 0 Å². The first kappa shape index (κ1) is 14.0. The van der Waals surface area contributed by atoms with Gasteiger partial charge in [-0.25, -0.2) is 4.79 Å². The van der Waals surface area contributed by atoms with Crippen molar-refractivity contribution in [1.82, 2.24) is 0 Å². The van der Waals surface area contributed by atoms with Crippen molar-refractivity contribution in [1.29, 1.82) is 0 Å². The molecule has 1 aromatic carbocycles. The molecule has 2 rings (SSSR count). The number of amides is 1. The van der Waals surface area contributed by atoms with E-state index in [1.807, 2.05) is 0 Å². The highest BCUT2D eigenvalue weighted by Gasteiger charge is 2.14. The van der Waals surface area contributed by atoms with Gasteiger partial charge in [0.15, 0.2) is 0 Å². The van der Waals surface area contributed by atoms with Crippen LogP contribution in [0.25, 0.3) is 0 Å². The van der Waals surface area contributed by atoms with Crippen LogP contribution in [0, 0.1) is 0 Å². The number of thiophene rings is 1. The highest BCUT2D eigenvalue weighted by atomic mass is 79.9. The van der Waals surface area contributed by atoms with Crippen LogP contribution >= 0.6 is 38.9 Å². The number of hydrogen-bond acceptors (Lipinski definition) is 3. The second kappa shape index (κ2) is 5.73. The molecule has 1 heterocycles. The Balaban J connectivity index is 2.23. The lowest BCUT2D eigenvalue weighted by molar-refractivity contribution is 0.0696. The summed E-state index contributed by atoms with van der Waals surface area (Å²) in [7, 11) is 0.